The maximum Gasteiger partial charge on any atom is 0.262 e. The molecule has 2 rings (SSSR count). The molecule has 3 nitrogen and oxygen atoms in total. The summed E-state index contributed by atoms with van der Waals surface area (Å²) in [4.78, 5) is 11.5. The summed E-state index contributed by atoms with van der Waals surface area (Å²) >= 11 is 7.02. The van der Waals surface area contributed by atoms with Gasteiger partial charge in [-0.15, -0.1) is 0 Å². The smallest absolute Gasteiger partial charge is 0.262 e. The van der Waals surface area contributed by atoms with E-state index in [9.17, 15) is 4.79 Å². The average Bonchev–Trinajstić information content (AvgIpc) is 2.58. The zero-order valence-electron chi connectivity index (χ0n) is 9.24. The zero-order chi connectivity index (χ0) is 12.4. The van der Waals surface area contributed by atoms with Crippen molar-refractivity contribution in [3.8, 4) is 0 Å². The molecule has 0 radical (unpaired) electrons. The maximum atomic E-state index is 11.5. The van der Waals surface area contributed by atoms with E-state index in [0.29, 0.717) is 16.6 Å². The van der Waals surface area contributed by atoms with Crippen molar-refractivity contribution in [2.24, 2.45) is 0 Å². The van der Waals surface area contributed by atoms with E-state index in [-0.39, 0.29) is 5.56 Å². The SMILES string of the molecule is CC(=N)c1cccc(Cn2sc(Cl)cc2=O)c1. The molecule has 0 aliphatic rings. The van der Waals surface area contributed by atoms with Crippen LogP contribution in [0.5, 0.6) is 0 Å². The van der Waals surface area contributed by atoms with Crippen molar-refractivity contribution in [2.75, 3.05) is 0 Å². The Labute approximate surface area is 108 Å². The van der Waals surface area contributed by atoms with Crippen LogP contribution < -0.4 is 5.56 Å². The molecule has 0 saturated heterocycles. The lowest BCUT2D eigenvalue weighted by Gasteiger charge is -2.04. The molecule has 0 bridgehead atoms. The monoisotopic (exact) mass is 266 g/mol. The molecule has 0 amide bonds. The van der Waals surface area contributed by atoms with Gasteiger partial charge in [0, 0.05) is 11.8 Å². The van der Waals surface area contributed by atoms with Gasteiger partial charge in [-0.1, -0.05) is 29.8 Å². The molecule has 0 aliphatic heterocycles. The van der Waals surface area contributed by atoms with Gasteiger partial charge in [-0.25, -0.2) is 0 Å². The molecule has 1 aromatic heterocycles. The van der Waals surface area contributed by atoms with Gasteiger partial charge in [-0.05, 0) is 35.6 Å². The van der Waals surface area contributed by atoms with Crippen molar-refractivity contribution in [2.45, 2.75) is 13.5 Å². The molecule has 1 heterocycles. The van der Waals surface area contributed by atoms with Gasteiger partial charge in [-0.2, -0.15) is 0 Å². The number of rotatable bonds is 3. The fourth-order valence-corrected chi connectivity index (χ4v) is 2.59. The first-order chi connectivity index (χ1) is 8.06. The number of nitrogens with one attached hydrogen (secondary N) is 1. The van der Waals surface area contributed by atoms with E-state index in [1.54, 1.807) is 10.9 Å². The summed E-state index contributed by atoms with van der Waals surface area (Å²) in [6, 6.07) is 9.05. The lowest BCUT2D eigenvalue weighted by atomic mass is 10.1. The Balaban J connectivity index is 2.30. The summed E-state index contributed by atoms with van der Waals surface area (Å²) in [5.74, 6) is 0. The van der Waals surface area contributed by atoms with Gasteiger partial charge in [0.25, 0.3) is 5.56 Å². The third-order valence-electron chi connectivity index (χ3n) is 2.37. The summed E-state index contributed by atoms with van der Waals surface area (Å²) in [6.45, 7) is 2.24. The molecule has 0 unspecified atom stereocenters. The predicted molar refractivity (Wildman–Crippen MR) is 71.6 cm³/mol. The molecule has 17 heavy (non-hydrogen) atoms. The standard InChI is InChI=1S/C12H11ClN2OS/c1-8(14)10-4-2-3-9(5-10)7-15-12(16)6-11(13)17-15/h2-6,14H,7H2,1H3. The van der Waals surface area contributed by atoms with E-state index in [4.69, 9.17) is 17.0 Å². The minimum atomic E-state index is -0.0861. The third kappa shape index (κ3) is 2.84. The molecular formula is C12H11ClN2OS. The quantitative estimate of drug-likeness (QED) is 0.853. The van der Waals surface area contributed by atoms with Crippen LogP contribution in [0, 0.1) is 5.41 Å². The van der Waals surface area contributed by atoms with Gasteiger partial charge in [0.1, 0.15) is 4.34 Å². The van der Waals surface area contributed by atoms with Gasteiger partial charge in [-0.3, -0.25) is 8.75 Å². The molecule has 1 aromatic carbocycles. The Morgan fingerprint density at radius 3 is 2.82 bits per heavy atom. The molecule has 0 aliphatic carbocycles. The highest BCUT2D eigenvalue weighted by atomic mass is 35.5. The second-order valence-corrected chi connectivity index (χ2v) is 5.43. The summed E-state index contributed by atoms with van der Waals surface area (Å²) < 4.78 is 2.09. The molecule has 2 aromatic rings. The van der Waals surface area contributed by atoms with Crippen molar-refractivity contribution >= 4 is 28.8 Å². The van der Waals surface area contributed by atoms with Crippen LogP contribution in [0.1, 0.15) is 18.1 Å². The number of hydrogen-bond acceptors (Lipinski definition) is 3. The highest BCUT2D eigenvalue weighted by Gasteiger charge is 2.04. The maximum absolute atomic E-state index is 11.5. The Bertz CT molecular complexity index is 615. The zero-order valence-corrected chi connectivity index (χ0v) is 10.8. The van der Waals surface area contributed by atoms with Gasteiger partial charge >= 0.3 is 0 Å². The molecule has 1 N–H and O–H groups in total. The van der Waals surface area contributed by atoms with Crippen molar-refractivity contribution in [1.29, 1.82) is 5.41 Å². The van der Waals surface area contributed by atoms with Gasteiger partial charge in [0.05, 0.1) is 6.54 Å². The lowest BCUT2D eigenvalue weighted by molar-refractivity contribution is 0.849. The Morgan fingerprint density at radius 2 is 2.24 bits per heavy atom. The van der Waals surface area contributed by atoms with Gasteiger partial charge in [0.2, 0.25) is 0 Å². The predicted octanol–water partition coefficient (Wildman–Crippen LogP) is 3.00. The number of benzene rings is 1. The fraction of sp³-hybridized carbons (Fsp3) is 0.167. The van der Waals surface area contributed by atoms with E-state index < -0.39 is 0 Å². The summed E-state index contributed by atoms with van der Waals surface area (Å²) in [5, 5.41) is 7.57. The Hall–Kier alpha value is -1.39. The highest BCUT2D eigenvalue weighted by molar-refractivity contribution is 7.11. The van der Waals surface area contributed by atoms with E-state index in [1.807, 2.05) is 24.3 Å². The van der Waals surface area contributed by atoms with Crippen LogP contribution in [0.25, 0.3) is 0 Å². The van der Waals surface area contributed by atoms with Crippen LogP contribution in [-0.2, 0) is 6.54 Å². The van der Waals surface area contributed by atoms with Crippen LogP contribution >= 0.6 is 23.1 Å². The van der Waals surface area contributed by atoms with Crippen molar-refractivity contribution in [3.63, 3.8) is 0 Å². The van der Waals surface area contributed by atoms with Crippen LogP contribution in [0.4, 0.5) is 0 Å². The third-order valence-corrected chi connectivity index (χ3v) is 3.50. The topological polar surface area (TPSA) is 45.9 Å². The first kappa shape index (κ1) is 12.1. The highest BCUT2D eigenvalue weighted by Crippen LogP contribution is 2.14. The first-order valence-electron chi connectivity index (χ1n) is 5.07. The second kappa shape index (κ2) is 4.85. The summed E-state index contributed by atoms with van der Waals surface area (Å²) in [6.07, 6.45) is 0. The van der Waals surface area contributed by atoms with Crippen LogP contribution in [0.2, 0.25) is 4.34 Å². The van der Waals surface area contributed by atoms with Gasteiger partial charge in [0.15, 0.2) is 0 Å². The van der Waals surface area contributed by atoms with Crippen molar-refractivity contribution in [3.05, 3.63) is 56.1 Å². The fourth-order valence-electron chi connectivity index (χ4n) is 1.52. The number of hydrogen-bond donors (Lipinski definition) is 1. The molecule has 88 valence electrons. The molecule has 0 spiro atoms. The average molecular weight is 267 g/mol. The van der Waals surface area contributed by atoms with Crippen LogP contribution in [0.3, 0.4) is 0 Å². The largest absolute Gasteiger partial charge is 0.305 e. The minimum absolute atomic E-state index is 0.0861. The normalized spacial score (nSPS) is 10.5. The lowest BCUT2D eigenvalue weighted by Crippen LogP contribution is -2.12. The number of halogens is 1. The molecule has 0 atom stereocenters. The number of aromatic nitrogens is 1. The van der Waals surface area contributed by atoms with E-state index in [1.165, 1.54) is 17.6 Å². The van der Waals surface area contributed by atoms with E-state index in [0.717, 1.165) is 11.1 Å². The molecular weight excluding hydrogens is 256 g/mol. The summed E-state index contributed by atoms with van der Waals surface area (Å²) in [7, 11) is 0. The first-order valence-corrected chi connectivity index (χ1v) is 6.22. The Morgan fingerprint density at radius 1 is 1.47 bits per heavy atom. The van der Waals surface area contributed by atoms with Crippen LogP contribution in [-0.4, -0.2) is 9.67 Å². The van der Waals surface area contributed by atoms with E-state index >= 15 is 0 Å². The van der Waals surface area contributed by atoms with Crippen LogP contribution in [0.15, 0.2) is 35.1 Å². The van der Waals surface area contributed by atoms with Crippen molar-refractivity contribution in [1.82, 2.24) is 3.96 Å². The minimum Gasteiger partial charge on any atom is -0.305 e. The van der Waals surface area contributed by atoms with Gasteiger partial charge < -0.3 is 5.41 Å². The van der Waals surface area contributed by atoms with E-state index in [2.05, 4.69) is 0 Å². The molecule has 0 saturated carbocycles. The van der Waals surface area contributed by atoms with Crippen molar-refractivity contribution < 1.29 is 0 Å². The summed E-state index contributed by atoms with van der Waals surface area (Å²) in [5.41, 5.74) is 2.30. The number of nitrogens with zero attached hydrogens (tertiary/aromatic N) is 1. The Kier molecular flexibility index (Phi) is 3.45. The molecule has 0 fully saturated rings. The molecule has 5 heteroatoms. The second-order valence-electron chi connectivity index (χ2n) is 3.74.